The lowest BCUT2D eigenvalue weighted by Gasteiger charge is -2.13. The summed E-state index contributed by atoms with van der Waals surface area (Å²) < 4.78 is 70.7. The van der Waals surface area contributed by atoms with Gasteiger partial charge in [0.15, 0.2) is 10.6 Å². The van der Waals surface area contributed by atoms with Crippen LogP contribution in [0.3, 0.4) is 0 Å². The Morgan fingerprint density at radius 2 is 2.00 bits per heavy atom. The van der Waals surface area contributed by atoms with Crippen molar-refractivity contribution < 1.29 is 30.9 Å². The van der Waals surface area contributed by atoms with Gasteiger partial charge in [0.05, 0.1) is 5.39 Å². The van der Waals surface area contributed by atoms with Gasteiger partial charge < -0.3 is 9.36 Å². The standard InChI is InChI=1S/C13H11F3N2O4S/c1-13(2)5-9(17-22-13)23(19,20)12(16)11-10-7(15)3-6(14)4-8(10)21-18-11/h3-4,12H,5H2,1-2H3. The average Bonchev–Trinajstić information content (AvgIpc) is 3.01. The molecule has 1 aliphatic rings. The lowest BCUT2D eigenvalue weighted by molar-refractivity contribution is 0.0123. The molecule has 0 N–H and O–H groups in total. The van der Waals surface area contributed by atoms with Crippen molar-refractivity contribution in [3.05, 3.63) is 29.5 Å². The van der Waals surface area contributed by atoms with Gasteiger partial charge in [-0.3, -0.25) is 0 Å². The maximum Gasteiger partial charge on any atom is 0.252 e. The zero-order valence-corrected chi connectivity index (χ0v) is 12.8. The Balaban J connectivity index is 2.06. The highest BCUT2D eigenvalue weighted by molar-refractivity contribution is 8.06. The monoisotopic (exact) mass is 348 g/mol. The van der Waals surface area contributed by atoms with Crippen molar-refractivity contribution in [1.82, 2.24) is 5.16 Å². The third kappa shape index (κ3) is 2.56. The molecule has 0 radical (unpaired) electrons. The van der Waals surface area contributed by atoms with E-state index in [1.165, 1.54) is 0 Å². The van der Waals surface area contributed by atoms with Gasteiger partial charge >= 0.3 is 0 Å². The minimum atomic E-state index is -4.58. The fraction of sp³-hybridized carbons (Fsp3) is 0.385. The van der Waals surface area contributed by atoms with E-state index in [2.05, 4.69) is 14.8 Å². The Bertz CT molecular complexity index is 921. The topological polar surface area (TPSA) is 81.8 Å². The molecule has 6 nitrogen and oxygen atoms in total. The number of hydrogen-bond donors (Lipinski definition) is 0. The Morgan fingerprint density at radius 1 is 1.30 bits per heavy atom. The van der Waals surface area contributed by atoms with Gasteiger partial charge in [0.2, 0.25) is 9.84 Å². The van der Waals surface area contributed by atoms with Gasteiger partial charge in [-0.15, -0.1) is 0 Å². The Kier molecular flexibility index (Phi) is 3.40. The van der Waals surface area contributed by atoms with E-state index in [1.807, 2.05) is 0 Å². The van der Waals surface area contributed by atoms with E-state index in [0.29, 0.717) is 6.07 Å². The molecule has 1 aromatic heterocycles. The van der Waals surface area contributed by atoms with Gasteiger partial charge in [0.1, 0.15) is 22.9 Å². The van der Waals surface area contributed by atoms with E-state index >= 15 is 0 Å². The third-order valence-corrected chi connectivity index (χ3v) is 4.95. The second-order valence-electron chi connectivity index (χ2n) is 5.70. The number of rotatable bonds is 2. The van der Waals surface area contributed by atoms with Gasteiger partial charge in [-0.25, -0.2) is 21.6 Å². The van der Waals surface area contributed by atoms with E-state index in [-0.39, 0.29) is 12.0 Å². The van der Waals surface area contributed by atoms with E-state index in [4.69, 9.17) is 4.84 Å². The number of nitrogens with zero attached hydrogens (tertiary/aromatic N) is 2. The van der Waals surface area contributed by atoms with Crippen molar-refractivity contribution in [2.75, 3.05) is 0 Å². The lowest BCUT2D eigenvalue weighted by atomic mass is 10.1. The molecule has 1 aromatic carbocycles. The summed E-state index contributed by atoms with van der Waals surface area (Å²) in [6, 6.07) is 1.27. The van der Waals surface area contributed by atoms with Gasteiger partial charge in [-0.05, 0) is 13.8 Å². The number of aromatic nitrogens is 1. The summed E-state index contributed by atoms with van der Waals surface area (Å²) in [5.74, 6) is -2.12. The van der Waals surface area contributed by atoms with Gasteiger partial charge in [-0.1, -0.05) is 10.3 Å². The van der Waals surface area contributed by atoms with Crippen molar-refractivity contribution >= 4 is 25.9 Å². The first-order valence-electron chi connectivity index (χ1n) is 6.49. The van der Waals surface area contributed by atoms with Crippen LogP contribution in [0.25, 0.3) is 11.0 Å². The highest BCUT2D eigenvalue weighted by Gasteiger charge is 2.43. The number of benzene rings is 1. The van der Waals surface area contributed by atoms with Crippen molar-refractivity contribution in [2.45, 2.75) is 31.4 Å². The number of halogens is 3. The summed E-state index contributed by atoms with van der Waals surface area (Å²) in [6.45, 7) is 3.17. The van der Waals surface area contributed by atoms with Gasteiger partial charge in [0, 0.05) is 18.6 Å². The maximum atomic E-state index is 14.6. The van der Waals surface area contributed by atoms with Gasteiger partial charge in [-0.2, -0.15) is 0 Å². The fourth-order valence-corrected chi connectivity index (χ4v) is 3.58. The first kappa shape index (κ1) is 15.8. The molecule has 1 unspecified atom stereocenters. The smallest absolute Gasteiger partial charge is 0.252 e. The van der Waals surface area contributed by atoms with Crippen LogP contribution >= 0.6 is 0 Å². The van der Waals surface area contributed by atoms with Crippen LogP contribution in [0.2, 0.25) is 0 Å². The van der Waals surface area contributed by atoms with Crippen LogP contribution < -0.4 is 0 Å². The molecule has 0 fully saturated rings. The Labute approximate surface area is 128 Å². The zero-order chi connectivity index (χ0) is 17.0. The minimum absolute atomic E-state index is 0.136. The van der Waals surface area contributed by atoms with E-state index in [9.17, 15) is 21.6 Å². The SMILES string of the molecule is CC1(C)CC(S(=O)(=O)C(F)c2noc3cc(F)cc(F)c23)=NO1. The van der Waals surface area contributed by atoms with E-state index < -0.39 is 48.7 Å². The van der Waals surface area contributed by atoms with Gasteiger partial charge in [0.25, 0.3) is 5.50 Å². The molecular weight excluding hydrogens is 337 g/mol. The lowest BCUT2D eigenvalue weighted by Crippen LogP contribution is -2.25. The number of alkyl halides is 1. The van der Waals surface area contributed by atoms with Crippen LogP contribution in [-0.2, 0) is 14.7 Å². The zero-order valence-electron chi connectivity index (χ0n) is 12.0. The number of hydrogen-bond acceptors (Lipinski definition) is 6. The van der Waals surface area contributed by atoms with Crippen LogP contribution in [0.5, 0.6) is 0 Å². The molecule has 1 atom stereocenters. The first-order chi connectivity index (χ1) is 10.6. The van der Waals surface area contributed by atoms with Crippen LogP contribution in [0.4, 0.5) is 13.2 Å². The second kappa shape index (κ2) is 4.95. The summed E-state index contributed by atoms with van der Waals surface area (Å²) in [5.41, 5.74) is -4.77. The van der Waals surface area contributed by atoms with Crippen molar-refractivity contribution in [2.24, 2.45) is 5.16 Å². The average molecular weight is 348 g/mol. The second-order valence-corrected chi connectivity index (χ2v) is 7.68. The molecule has 1 aliphatic heterocycles. The molecule has 0 amide bonds. The van der Waals surface area contributed by atoms with Crippen LogP contribution in [0.15, 0.2) is 21.8 Å². The largest absolute Gasteiger partial charge is 0.389 e. The number of sulfone groups is 1. The predicted octanol–water partition coefficient (Wildman–Crippen LogP) is 3.00. The van der Waals surface area contributed by atoms with E-state index in [1.54, 1.807) is 13.8 Å². The van der Waals surface area contributed by atoms with E-state index in [0.717, 1.165) is 6.07 Å². The molecule has 0 spiro atoms. The summed E-state index contributed by atoms with van der Waals surface area (Å²) in [7, 11) is -4.58. The Morgan fingerprint density at radius 3 is 2.61 bits per heavy atom. The van der Waals surface area contributed by atoms with Crippen LogP contribution in [0, 0.1) is 11.6 Å². The quantitative estimate of drug-likeness (QED) is 0.833. The summed E-state index contributed by atoms with van der Waals surface area (Å²) >= 11 is 0. The molecule has 23 heavy (non-hydrogen) atoms. The molecule has 2 heterocycles. The molecule has 2 aromatic rings. The molecule has 3 rings (SSSR count). The predicted molar refractivity (Wildman–Crippen MR) is 73.9 cm³/mol. The molecular formula is C13H11F3N2O4S. The van der Waals surface area contributed by atoms with Crippen molar-refractivity contribution in [3.8, 4) is 0 Å². The van der Waals surface area contributed by atoms with Crippen LogP contribution in [0.1, 0.15) is 31.5 Å². The highest BCUT2D eigenvalue weighted by atomic mass is 32.2. The maximum absolute atomic E-state index is 14.6. The van der Waals surface area contributed by atoms with Crippen molar-refractivity contribution in [1.29, 1.82) is 0 Å². The van der Waals surface area contributed by atoms with Crippen molar-refractivity contribution in [3.63, 3.8) is 0 Å². The molecule has 0 bridgehead atoms. The summed E-state index contributed by atoms with van der Waals surface area (Å²) in [5, 5.41) is 5.59. The number of fused-ring (bicyclic) bond motifs is 1. The molecule has 10 heteroatoms. The highest BCUT2D eigenvalue weighted by Crippen LogP contribution is 2.36. The fourth-order valence-electron chi connectivity index (χ4n) is 2.19. The normalized spacial score (nSPS) is 18.7. The van der Waals surface area contributed by atoms with Crippen LogP contribution in [-0.4, -0.2) is 24.2 Å². The first-order valence-corrected chi connectivity index (χ1v) is 8.04. The Hall–Kier alpha value is -2.10. The molecule has 0 aliphatic carbocycles. The third-order valence-electron chi connectivity index (χ3n) is 3.30. The molecule has 0 saturated carbocycles. The minimum Gasteiger partial charge on any atom is -0.389 e. The summed E-state index contributed by atoms with van der Waals surface area (Å²) in [4.78, 5) is 4.91. The summed E-state index contributed by atoms with van der Waals surface area (Å²) in [6.07, 6.45) is -0.136. The molecule has 0 saturated heterocycles. The number of oxime groups is 1. The molecule has 124 valence electrons.